The molecule has 1 atom stereocenters. The highest BCUT2D eigenvalue weighted by atomic mass is 16.5. The third kappa shape index (κ3) is 4.18. The van der Waals surface area contributed by atoms with Gasteiger partial charge in [-0.25, -0.2) is 4.98 Å². The topological polar surface area (TPSA) is 88.2 Å². The van der Waals surface area contributed by atoms with Crippen molar-refractivity contribution in [2.24, 2.45) is 11.8 Å². The lowest BCUT2D eigenvalue weighted by Crippen LogP contribution is -2.30. The third-order valence-electron chi connectivity index (χ3n) is 4.77. The van der Waals surface area contributed by atoms with Gasteiger partial charge < -0.3 is 14.9 Å². The van der Waals surface area contributed by atoms with Gasteiger partial charge in [0.25, 0.3) is 11.6 Å². The molecule has 1 unspecified atom stereocenters. The quantitative estimate of drug-likeness (QED) is 0.767. The first-order chi connectivity index (χ1) is 12.0. The van der Waals surface area contributed by atoms with E-state index < -0.39 is 0 Å². The second kappa shape index (κ2) is 7.52. The van der Waals surface area contributed by atoms with Gasteiger partial charge in [0.05, 0.1) is 16.6 Å². The van der Waals surface area contributed by atoms with Gasteiger partial charge in [0, 0.05) is 24.8 Å². The number of amides is 1. The van der Waals surface area contributed by atoms with E-state index in [0.717, 1.165) is 25.0 Å². The molecule has 2 aromatic heterocycles. The van der Waals surface area contributed by atoms with E-state index >= 15 is 0 Å². The number of aliphatic hydroxyl groups is 1. The average Bonchev–Trinajstić information content (AvgIpc) is 3.35. The molecule has 1 fully saturated rings. The van der Waals surface area contributed by atoms with Crippen molar-refractivity contribution in [2.75, 3.05) is 13.2 Å². The van der Waals surface area contributed by atoms with Crippen LogP contribution in [0, 0.1) is 18.8 Å². The van der Waals surface area contributed by atoms with E-state index in [-0.39, 0.29) is 18.4 Å². The number of pyridine rings is 1. The van der Waals surface area contributed by atoms with Crippen LogP contribution in [0.2, 0.25) is 0 Å². The van der Waals surface area contributed by atoms with Crippen molar-refractivity contribution in [3.05, 3.63) is 23.0 Å². The van der Waals surface area contributed by atoms with Gasteiger partial charge in [-0.15, -0.1) is 0 Å². The van der Waals surface area contributed by atoms with Crippen LogP contribution in [-0.4, -0.2) is 34.3 Å². The number of fused-ring (bicyclic) bond motifs is 1. The lowest BCUT2D eigenvalue weighted by atomic mass is 9.94. The molecule has 1 saturated carbocycles. The molecule has 6 nitrogen and oxygen atoms in total. The van der Waals surface area contributed by atoms with Gasteiger partial charge in [-0.2, -0.15) is 0 Å². The van der Waals surface area contributed by atoms with Gasteiger partial charge in [0.1, 0.15) is 0 Å². The van der Waals surface area contributed by atoms with Crippen molar-refractivity contribution >= 4 is 17.0 Å². The fourth-order valence-electron chi connectivity index (χ4n) is 3.37. The molecule has 1 amide bonds. The molecule has 0 radical (unpaired) electrons. The number of aryl methyl sites for hydroxylation is 1. The molecular formula is C19H27N3O3. The standard InChI is InChI=1S/C19H27N3O3/c1-11(2)8-13(6-7-23)10-20-18(24)15-9-16(14-4-5-14)21-19-17(15)12(3)22-25-19/h9,11,13-14,23H,4-8,10H2,1-3H3,(H,20,24). The first kappa shape index (κ1) is 17.9. The van der Waals surface area contributed by atoms with Crippen LogP contribution in [0.1, 0.15) is 67.2 Å². The molecular weight excluding hydrogens is 318 g/mol. The Hall–Kier alpha value is -1.95. The molecule has 25 heavy (non-hydrogen) atoms. The maximum atomic E-state index is 12.8. The zero-order valence-electron chi connectivity index (χ0n) is 15.2. The predicted octanol–water partition coefficient (Wildman–Crippen LogP) is 3.18. The zero-order chi connectivity index (χ0) is 18.0. The summed E-state index contributed by atoms with van der Waals surface area (Å²) < 4.78 is 5.30. The maximum absolute atomic E-state index is 12.8. The summed E-state index contributed by atoms with van der Waals surface area (Å²) in [6.07, 6.45) is 3.90. The Morgan fingerprint density at radius 2 is 2.20 bits per heavy atom. The number of aliphatic hydroxyl groups excluding tert-OH is 1. The molecule has 6 heteroatoms. The summed E-state index contributed by atoms with van der Waals surface area (Å²) in [5.74, 6) is 1.12. The molecule has 2 N–H and O–H groups in total. The highest BCUT2D eigenvalue weighted by molar-refractivity contribution is 6.06. The highest BCUT2D eigenvalue weighted by Crippen LogP contribution is 2.40. The minimum atomic E-state index is -0.118. The van der Waals surface area contributed by atoms with Crippen molar-refractivity contribution in [1.82, 2.24) is 15.5 Å². The number of carbonyl (C=O) groups is 1. The molecule has 0 spiro atoms. The summed E-state index contributed by atoms with van der Waals surface area (Å²) in [5, 5.41) is 17.0. The van der Waals surface area contributed by atoms with Crippen molar-refractivity contribution in [3.8, 4) is 0 Å². The Bertz CT molecular complexity index is 750. The SMILES string of the molecule is Cc1noc2nc(C3CC3)cc(C(=O)NCC(CCO)CC(C)C)c12. The minimum absolute atomic E-state index is 0.118. The number of hydrogen-bond acceptors (Lipinski definition) is 5. The Kier molecular flexibility index (Phi) is 5.37. The Morgan fingerprint density at radius 1 is 1.44 bits per heavy atom. The van der Waals surface area contributed by atoms with Gasteiger partial charge in [0.15, 0.2) is 0 Å². The monoisotopic (exact) mass is 345 g/mol. The number of carbonyl (C=O) groups excluding carboxylic acids is 1. The van der Waals surface area contributed by atoms with Crippen molar-refractivity contribution in [1.29, 1.82) is 0 Å². The third-order valence-corrected chi connectivity index (χ3v) is 4.77. The van der Waals surface area contributed by atoms with Gasteiger partial charge in [-0.3, -0.25) is 4.79 Å². The van der Waals surface area contributed by atoms with Crippen LogP contribution in [0.25, 0.3) is 11.1 Å². The van der Waals surface area contributed by atoms with Gasteiger partial charge in [-0.05, 0) is 50.5 Å². The summed E-state index contributed by atoms with van der Waals surface area (Å²) in [6, 6.07) is 1.89. The van der Waals surface area contributed by atoms with Gasteiger partial charge in [-0.1, -0.05) is 19.0 Å². The predicted molar refractivity (Wildman–Crippen MR) is 95.5 cm³/mol. The molecule has 2 heterocycles. The summed E-state index contributed by atoms with van der Waals surface area (Å²) in [4.78, 5) is 17.4. The van der Waals surface area contributed by atoms with E-state index in [2.05, 4.69) is 29.3 Å². The molecule has 0 bridgehead atoms. The van der Waals surface area contributed by atoms with Crippen LogP contribution in [0.3, 0.4) is 0 Å². The molecule has 3 rings (SSSR count). The number of hydrogen-bond donors (Lipinski definition) is 2. The average molecular weight is 345 g/mol. The van der Waals surface area contributed by atoms with Crippen LogP contribution in [0.15, 0.2) is 10.6 Å². The van der Waals surface area contributed by atoms with E-state index in [4.69, 9.17) is 4.52 Å². The zero-order valence-corrected chi connectivity index (χ0v) is 15.2. The molecule has 1 aliphatic rings. The minimum Gasteiger partial charge on any atom is -0.396 e. The van der Waals surface area contributed by atoms with Crippen molar-refractivity contribution < 1.29 is 14.4 Å². The normalized spacial score (nSPS) is 15.7. The summed E-state index contributed by atoms with van der Waals surface area (Å²) in [6.45, 7) is 6.84. The molecule has 1 aliphatic carbocycles. The Labute approximate surface area is 148 Å². The second-order valence-electron chi connectivity index (χ2n) is 7.53. The fourth-order valence-corrected chi connectivity index (χ4v) is 3.37. The maximum Gasteiger partial charge on any atom is 0.259 e. The van der Waals surface area contributed by atoms with Crippen LogP contribution < -0.4 is 5.32 Å². The molecule has 136 valence electrons. The van der Waals surface area contributed by atoms with Crippen LogP contribution in [-0.2, 0) is 0 Å². The second-order valence-corrected chi connectivity index (χ2v) is 7.53. The lowest BCUT2D eigenvalue weighted by Gasteiger charge is -2.18. The van der Waals surface area contributed by atoms with Gasteiger partial charge in [0.2, 0.25) is 0 Å². The fraction of sp³-hybridized carbons (Fsp3) is 0.632. The number of nitrogens with one attached hydrogen (secondary N) is 1. The number of aromatic nitrogens is 2. The largest absolute Gasteiger partial charge is 0.396 e. The molecule has 2 aromatic rings. The van der Waals surface area contributed by atoms with E-state index in [0.29, 0.717) is 47.2 Å². The molecule has 0 aliphatic heterocycles. The number of nitrogens with zero attached hydrogens (tertiary/aromatic N) is 2. The van der Waals surface area contributed by atoms with Gasteiger partial charge >= 0.3 is 0 Å². The number of rotatable bonds is 8. The van der Waals surface area contributed by atoms with Crippen molar-refractivity contribution in [2.45, 2.75) is 52.4 Å². The summed E-state index contributed by atoms with van der Waals surface area (Å²) >= 11 is 0. The van der Waals surface area contributed by atoms with Crippen LogP contribution in [0.5, 0.6) is 0 Å². The summed E-state index contributed by atoms with van der Waals surface area (Å²) in [7, 11) is 0. The first-order valence-electron chi connectivity index (χ1n) is 9.15. The van der Waals surface area contributed by atoms with E-state index in [1.54, 1.807) is 0 Å². The Morgan fingerprint density at radius 3 is 2.84 bits per heavy atom. The van der Waals surface area contributed by atoms with Crippen molar-refractivity contribution in [3.63, 3.8) is 0 Å². The van der Waals surface area contributed by atoms with E-state index in [9.17, 15) is 9.90 Å². The first-order valence-corrected chi connectivity index (χ1v) is 9.15. The lowest BCUT2D eigenvalue weighted by molar-refractivity contribution is 0.0942. The Balaban J connectivity index is 1.80. The summed E-state index contributed by atoms with van der Waals surface area (Å²) in [5.41, 5.74) is 2.64. The van der Waals surface area contributed by atoms with Crippen LogP contribution in [0.4, 0.5) is 0 Å². The van der Waals surface area contributed by atoms with E-state index in [1.807, 2.05) is 13.0 Å². The highest BCUT2D eigenvalue weighted by Gasteiger charge is 2.28. The molecule has 0 saturated heterocycles. The molecule has 0 aromatic carbocycles. The van der Waals surface area contributed by atoms with E-state index in [1.165, 1.54) is 0 Å². The smallest absolute Gasteiger partial charge is 0.259 e. The van der Waals surface area contributed by atoms with Crippen LogP contribution >= 0.6 is 0 Å².